The molecule has 0 unspecified atom stereocenters. The second-order valence-electron chi connectivity index (χ2n) is 7.25. The Labute approximate surface area is 128 Å². The molecule has 21 heavy (non-hydrogen) atoms. The molecule has 0 aromatic rings. The summed E-state index contributed by atoms with van der Waals surface area (Å²) in [5.41, 5.74) is -0.176. The van der Waals surface area contributed by atoms with Gasteiger partial charge in [0.05, 0.1) is 17.5 Å². The molecule has 2 bridgehead atoms. The van der Waals surface area contributed by atoms with Crippen molar-refractivity contribution in [2.45, 2.75) is 44.3 Å². The van der Waals surface area contributed by atoms with Crippen LogP contribution >= 0.6 is 0 Å². The van der Waals surface area contributed by atoms with Crippen LogP contribution in [0.4, 0.5) is 0 Å². The molecule has 1 spiro atoms. The van der Waals surface area contributed by atoms with Gasteiger partial charge < -0.3 is 9.64 Å². The second kappa shape index (κ2) is 5.48. The number of hydrogen-bond donors (Lipinski definition) is 0. The first-order valence-electron chi connectivity index (χ1n) is 8.18. The highest BCUT2D eigenvalue weighted by atomic mass is 32.2. The van der Waals surface area contributed by atoms with Crippen LogP contribution in [0.2, 0.25) is 0 Å². The molecule has 0 aromatic heterocycles. The number of hydrogen-bond acceptors (Lipinski definition) is 4. The first-order chi connectivity index (χ1) is 9.88. The van der Waals surface area contributed by atoms with Gasteiger partial charge in [0.2, 0.25) is 10.0 Å². The molecule has 0 N–H and O–H groups in total. The van der Waals surface area contributed by atoms with E-state index in [4.69, 9.17) is 4.74 Å². The zero-order valence-electron chi connectivity index (χ0n) is 13.4. The molecular formula is C15H28N2O3S. The fraction of sp³-hybridized carbons (Fsp3) is 1.00. The summed E-state index contributed by atoms with van der Waals surface area (Å²) in [6.45, 7) is 4.29. The molecular weight excluding hydrogens is 288 g/mol. The Hall–Kier alpha value is -0.170. The van der Waals surface area contributed by atoms with Crippen LogP contribution in [0.25, 0.3) is 0 Å². The molecule has 3 saturated heterocycles. The molecule has 3 aliphatic heterocycles. The fourth-order valence-electron chi connectivity index (χ4n) is 4.48. The first kappa shape index (κ1) is 15.7. The highest BCUT2D eigenvalue weighted by Crippen LogP contribution is 2.55. The lowest BCUT2D eigenvalue weighted by Crippen LogP contribution is -2.40. The Kier molecular flexibility index (Phi) is 4.10. The van der Waals surface area contributed by atoms with E-state index in [0.717, 1.165) is 32.2 Å². The maximum Gasteiger partial charge on any atom is 0.214 e. The third-order valence-electron chi connectivity index (χ3n) is 5.48. The van der Waals surface area contributed by atoms with E-state index in [1.165, 1.54) is 0 Å². The predicted molar refractivity (Wildman–Crippen MR) is 82.6 cm³/mol. The molecule has 0 radical (unpaired) electrons. The van der Waals surface area contributed by atoms with E-state index in [1.807, 2.05) is 6.92 Å². The van der Waals surface area contributed by atoms with Gasteiger partial charge in [0, 0.05) is 31.5 Å². The van der Waals surface area contributed by atoms with Crippen molar-refractivity contribution in [1.82, 2.24) is 9.21 Å². The zero-order chi connectivity index (χ0) is 15.3. The molecule has 6 heteroatoms. The number of fused-ring (bicyclic) bond motifs is 1. The minimum Gasteiger partial charge on any atom is -0.370 e. The Bertz CT molecular complexity index is 493. The number of nitrogens with zero attached hydrogens (tertiary/aromatic N) is 2. The van der Waals surface area contributed by atoms with Gasteiger partial charge in [0.25, 0.3) is 0 Å². The van der Waals surface area contributed by atoms with Crippen molar-refractivity contribution in [2.75, 3.05) is 39.5 Å². The summed E-state index contributed by atoms with van der Waals surface area (Å²) < 4.78 is 33.0. The molecule has 3 fully saturated rings. The van der Waals surface area contributed by atoms with E-state index in [0.29, 0.717) is 31.0 Å². The van der Waals surface area contributed by atoms with E-state index in [2.05, 4.69) is 19.0 Å². The average molecular weight is 316 g/mol. The lowest BCUT2D eigenvalue weighted by Gasteiger charge is -2.31. The van der Waals surface area contributed by atoms with Crippen LogP contribution in [0.15, 0.2) is 0 Å². The molecule has 0 aromatic carbocycles. The lowest BCUT2D eigenvalue weighted by atomic mass is 9.73. The van der Waals surface area contributed by atoms with Gasteiger partial charge in [-0.25, -0.2) is 8.42 Å². The van der Waals surface area contributed by atoms with Crippen LogP contribution in [0.3, 0.4) is 0 Å². The minimum absolute atomic E-state index is 0.176. The van der Waals surface area contributed by atoms with Crippen molar-refractivity contribution < 1.29 is 13.2 Å². The third kappa shape index (κ3) is 2.64. The van der Waals surface area contributed by atoms with Crippen LogP contribution in [-0.2, 0) is 14.8 Å². The van der Waals surface area contributed by atoms with E-state index in [-0.39, 0.29) is 11.4 Å². The molecule has 0 aliphatic carbocycles. The second-order valence-corrected chi connectivity index (χ2v) is 9.34. The first-order valence-corrected chi connectivity index (χ1v) is 9.79. The van der Waals surface area contributed by atoms with Crippen LogP contribution < -0.4 is 0 Å². The maximum atomic E-state index is 12.5. The summed E-state index contributed by atoms with van der Waals surface area (Å²) in [6, 6.07) is 0. The van der Waals surface area contributed by atoms with Crippen molar-refractivity contribution in [2.24, 2.45) is 11.8 Å². The highest BCUT2D eigenvalue weighted by Gasteiger charge is 2.64. The number of rotatable bonds is 6. The van der Waals surface area contributed by atoms with Crippen LogP contribution in [0, 0.1) is 11.8 Å². The lowest BCUT2D eigenvalue weighted by molar-refractivity contribution is 0.00739. The number of ether oxygens (including phenoxy) is 1. The molecule has 5 nitrogen and oxygen atoms in total. The van der Waals surface area contributed by atoms with Gasteiger partial charge in [0.15, 0.2) is 0 Å². The fourth-order valence-corrected chi connectivity index (χ4v) is 6.20. The van der Waals surface area contributed by atoms with Crippen molar-refractivity contribution in [3.8, 4) is 0 Å². The topological polar surface area (TPSA) is 49.9 Å². The Morgan fingerprint density at radius 3 is 2.81 bits per heavy atom. The average Bonchev–Trinajstić information content (AvgIpc) is 3.05. The molecule has 3 aliphatic rings. The molecule has 0 saturated carbocycles. The molecule has 4 atom stereocenters. The zero-order valence-corrected chi connectivity index (χ0v) is 14.2. The summed E-state index contributed by atoms with van der Waals surface area (Å²) in [5, 5.41) is 0. The van der Waals surface area contributed by atoms with Gasteiger partial charge in [-0.3, -0.25) is 0 Å². The Morgan fingerprint density at radius 1 is 1.38 bits per heavy atom. The molecule has 122 valence electrons. The smallest absolute Gasteiger partial charge is 0.214 e. The summed E-state index contributed by atoms with van der Waals surface area (Å²) in [6.07, 6.45) is 4.15. The third-order valence-corrected chi connectivity index (χ3v) is 7.35. The standard InChI is InChI=1S/C15H28N2O3S/c1-4-5-8-21(18,19)17-10-13-12(9-16(2)3)14-6-7-15(13,11-17)20-14/h12-14H,4-11H2,1-3H3/t12-,13+,14+,15+/m0/s1. The molecule has 3 rings (SSSR count). The van der Waals surface area contributed by atoms with E-state index < -0.39 is 10.0 Å². The van der Waals surface area contributed by atoms with E-state index in [1.54, 1.807) is 4.31 Å². The van der Waals surface area contributed by atoms with Crippen LogP contribution in [-0.4, -0.2) is 68.8 Å². The quantitative estimate of drug-likeness (QED) is 0.738. The SMILES string of the molecule is CCCCS(=O)(=O)N1C[C@@H]2[C@H](CN(C)C)[C@H]3CC[C@]2(C1)O3. The molecule has 0 amide bonds. The summed E-state index contributed by atoms with van der Waals surface area (Å²) in [4.78, 5) is 2.21. The van der Waals surface area contributed by atoms with Crippen molar-refractivity contribution in [3.05, 3.63) is 0 Å². The van der Waals surface area contributed by atoms with E-state index >= 15 is 0 Å². The summed E-state index contributed by atoms with van der Waals surface area (Å²) >= 11 is 0. The minimum atomic E-state index is -3.11. The van der Waals surface area contributed by atoms with E-state index in [9.17, 15) is 8.42 Å². The largest absolute Gasteiger partial charge is 0.370 e. The molecule has 3 heterocycles. The van der Waals surface area contributed by atoms with Gasteiger partial charge in [-0.1, -0.05) is 13.3 Å². The van der Waals surface area contributed by atoms with Crippen molar-refractivity contribution in [3.63, 3.8) is 0 Å². The van der Waals surface area contributed by atoms with Gasteiger partial charge >= 0.3 is 0 Å². The normalized spacial score (nSPS) is 39.3. The highest BCUT2D eigenvalue weighted by molar-refractivity contribution is 7.89. The predicted octanol–water partition coefficient (Wildman–Crippen LogP) is 1.16. The van der Waals surface area contributed by atoms with Crippen molar-refractivity contribution in [1.29, 1.82) is 0 Å². The van der Waals surface area contributed by atoms with Gasteiger partial charge in [-0.05, 0) is 33.4 Å². The van der Waals surface area contributed by atoms with Gasteiger partial charge in [0.1, 0.15) is 0 Å². The number of sulfonamides is 1. The maximum absolute atomic E-state index is 12.5. The Morgan fingerprint density at radius 2 is 2.14 bits per heavy atom. The monoisotopic (exact) mass is 316 g/mol. The van der Waals surface area contributed by atoms with Crippen molar-refractivity contribution >= 4 is 10.0 Å². The van der Waals surface area contributed by atoms with Gasteiger partial charge in [-0.15, -0.1) is 0 Å². The summed E-state index contributed by atoms with van der Waals surface area (Å²) in [7, 11) is 1.07. The van der Waals surface area contributed by atoms with Gasteiger partial charge in [-0.2, -0.15) is 4.31 Å². The Balaban J connectivity index is 1.75. The van der Waals surface area contributed by atoms with Crippen LogP contribution in [0.5, 0.6) is 0 Å². The van der Waals surface area contributed by atoms with Crippen LogP contribution in [0.1, 0.15) is 32.6 Å². The number of unbranched alkanes of at least 4 members (excludes halogenated alkanes) is 1. The summed E-state index contributed by atoms with van der Waals surface area (Å²) in [5.74, 6) is 1.16.